The smallest absolute Gasteiger partial charge is 0.0464 e. The van der Waals surface area contributed by atoms with Gasteiger partial charge in [-0.25, -0.2) is 0 Å². The third-order valence-electron chi connectivity index (χ3n) is 8.07. The third kappa shape index (κ3) is 3.55. The molecule has 0 spiro atoms. The summed E-state index contributed by atoms with van der Waals surface area (Å²) in [5.74, 6) is 0. The first kappa shape index (κ1) is 22.6. The molecule has 182 valence electrons. The first-order valence-electron chi connectivity index (χ1n) is 13.3. The van der Waals surface area contributed by atoms with E-state index < -0.39 is 0 Å². The van der Waals surface area contributed by atoms with Gasteiger partial charge in [0.15, 0.2) is 0 Å². The van der Waals surface area contributed by atoms with Crippen molar-refractivity contribution in [3.63, 3.8) is 0 Å². The van der Waals surface area contributed by atoms with Crippen molar-refractivity contribution in [2.75, 3.05) is 5.32 Å². The second-order valence-corrected chi connectivity index (χ2v) is 10.7. The quantitative estimate of drug-likeness (QED) is 0.261. The first-order chi connectivity index (χ1) is 18.6. The number of hydrogen-bond donors (Lipinski definition) is 1. The van der Waals surface area contributed by atoms with Crippen LogP contribution in [-0.2, 0) is 5.41 Å². The molecule has 0 bridgehead atoms. The zero-order chi connectivity index (χ0) is 25.7. The van der Waals surface area contributed by atoms with Crippen LogP contribution < -0.4 is 5.32 Å². The summed E-state index contributed by atoms with van der Waals surface area (Å²) in [6.07, 6.45) is 0. The van der Waals surface area contributed by atoms with E-state index >= 15 is 0 Å². The molecular formula is C37H29N. The van der Waals surface area contributed by atoms with Gasteiger partial charge >= 0.3 is 0 Å². The lowest BCUT2D eigenvalue weighted by atomic mass is 9.82. The molecular weight excluding hydrogens is 458 g/mol. The number of nitrogens with one attached hydrogen (secondary N) is 1. The Morgan fingerprint density at radius 2 is 1.18 bits per heavy atom. The highest BCUT2D eigenvalue weighted by Gasteiger charge is 2.36. The van der Waals surface area contributed by atoms with Gasteiger partial charge in [0.1, 0.15) is 0 Å². The average molecular weight is 488 g/mol. The summed E-state index contributed by atoms with van der Waals surface area (Å²) < 4.78 is 0. The third-order valence-corrected chi connectivity index (χ3v) is 8.07. The van der Waals surface area contributed by atoms with Crippen molar-refractivity contribution in [1.29, 1.82) is 0 Å². The Kier molecular flexibility index (Phi) is 5.19. The van der Waals surface area contributed by atoms with Gasteiger partial charge in [0.2, 0.25) is 0 Å². The Hall–Kier alpha value is -4.62. The van der Waals surface area contributed by atoms with E-state index in [1.165, 1.54) is 55.3 Å². The van der Waals surface area contributed by atoms with Crippen LogP contribution in [0.4, 0.5) is 11.4 Å². The number of hydrogen-bond acceptors (Lipinski definition) is 1. The maximum absolute atomic E-state index is 3.78. The molecule has 7 rings (SSSR count). The molecule has 1 nitrogen and oxygen atoms in total. The van der Waals surface area contributed by atoms with E-state index in [-0.39, 0.29) is 5.41 Å². The molecule has 0 aliphatic heterocycles. The minimum absolute atomic E-state index is 0.0468. The van der Waals surface area contributed by atoms with Crippen molar-refractivity contribution >= 4 is 22.1 Å². The van der Waals surface area contributed by atoms with E-state index in [1.54, 1.807) is 0 Å². The molecule has 0 saturated carbocycles. The predicted molar refractivity (Wildman–Crippen MR) is 162 cm³/mol. The first-order valence-corrected chi connectivity index (χ1v) is 13.3. The molecule has 0 amide bonds. The molecule has 1 aliphatic rings. The Morgan fingerprint density at radius 3 is 2.08 bits per heavy atom. The molecule has 0 atom stereocenters. The Bertz CT molecular complexity index is 1810. The van der Waals surface area contributed by atoms with Gasteiger partial charge in [-0.05, 0) is 67.9 Å². The molecule has 1 aliphatic carbocycles. The van der Waals surface area contributed by atoms with E-state index in [2.05, 4.69) is 153 Å². The molecule has 38 heavy (non-hydrogen) atoms. The van der Waals surface area contributed by atoms with Gasteiger partial charge in [-0.1, -0.05) is 129 Å². The minimum Gasteiger partial charge on any atom is -0.355 e. The lowest BCUT2D eigenvalue weighted by Crippen LogP contribution is -2.14. The standard InChI is InChI=1S/C37H29N/c1-37(2)33-23-22-27(24-32(33)36-29(18-11-20-34(36)37)26-12-4-3-5-13-26)38-35-21-9-8-17-31(35)30-19-10-15-25-14-6-7-16-28(25)30/h3-24,38H,1-2H3. The van der Waals surface area contributed by atoms with E-state index in [1.807, 2.05) is 0 Å². The van der Waals surface area contributed by atoms with Crippen LogP contribution in [0.5, 0.6) is 0 Å². The fourth-order valence-corrected chi connectivity index (χ4v) is 6.18. The largest absolute Gasteiger partial charge is 0.355 e. The van der Waals surface area contributed by atoms with E-state index in [0.29, 0.717) is 0 Å². The molecule has 0 heterocycles. The van der Waals surface area contributed by atoms with Crippen LogP contribution in [0.15, 0.2) is 133 Å². The van der Waals surface area contributed by atoms with Crippen molar-refractivity contribution < 1.29 is 0 Å². The number of rotatable bonds is 4. The van der Waals surface area contributed by atoms with Gasteiger partial charge in [-0.15, -0.1) is 0 Å². The summed E-state index contributed by atoms with van der Waals surface area (Å²) in [5.41, 5.74) is 12.6. The van der Waals surface area contributed by atoms with Crippen LogP contribution in [0.1, 0.15) is 25.0 Å². The summed E-state index contributed by atoms with van der Waals surface area (Å²) in [5, 5.41) is 6.30. The van der Waals surface area contributed by atoms with Gasteiger partial charge in [-0.3, -0.25) is 0 Å². The van der Waals surface area contributed by atoms with Crippen molar-refractivity contribution in [2.45, 2.75) is 19.3 Å². The van der Waals surface area contributed by atoms with E-state index in [4.69, 9.17) is 0 Å². The summed E-state index contributed by atoms with van der Waals surface area (Å²) in [4.78, 5) is 0. The highest BCUT2D eigenvalue weighted by molar-refractivity contribution is 6.00. The highest BCUT2D eigenvalue weighted by atomic mass is 14.9. The molecule has 0 radical (unpaired) electrons. The fourth-order valence-electron chi connectivity index (χ4n) is 6.18. The molecule has 0 saturated heterocycles. The Balaban J connectivity index is 1.35. The summed E-state index contributed by atoms with van der Waals surface area (Å²) >= 11 is 0. The number of anilines is 2. The fraction of sp³-hybridized carbons (Fsp3) is 0.0811. The summed E-state index contributed by atoms with van der Waals surface area (Å²) in [6, 6.07) is 48.2. The predicted octanol–water partition coefficient (Wildman–Crippen LogP) is 10.2. The van der Waals surface area contributed by atoms with Crippen molar-refractivity contribution in [3.8, 4) is 33.4 Å². The molecule has 6 aromatic rings. The van der Waals surface area contributed by atoms with Crippen LogP contribution in [0.3, 0.4) is 0 Å². The van der Waals surface area contributed by atoms with Crippen LogP contribution in [0.2, 0.25) is 0 Å². The van der Waals surface area contributed by atoms with Gasteiger partial charge < -0.3 is 5.32 Å². The molecule has 0 fully saturated rings. The van der Waals surface area contributed by atoms with Gasteiger partial charge in [0, 0.05) is 22.4 Å². The van der Waals surface area contributed by atoms with E-state index in [0.717, 1.165) is 11.4 Å². The average Bonchev–Trinajstić information content (AvgIpc) is 3.20. The van der Waals surface area contributed by atoms with Crippen molar-refractivity contribution in [1.82, 2.24) is 0 Å². The van der Waals surface area contributed by atoms with Crippen LogP contribution in [0.25, 0.3) is 44.2 Å². The number of benzene rings is 6. The van der Waals surface area contributed by atoms with Crippen molar-refractivity contribution in [3.05, 3.63) is 145 Å². The SMILES string of the molecule is CC1(C)c2ccc(Nc3ccccc3-c3cccc4ccccc34)cc2-c2c(-c3ccccc3)cccc21. The molecule has 0 unspecified atom stereocenters. The molecule has 6 aromatic carbocycles. The van der Waals surface area contributed by atoms with Gasteiger partial charge in [0.05, 0.1) is 0 Å². The number of para-hydroxylation sites is 1. The van der Waals surface area contributed by atoms with Crippen LogP contribution in [-0.4, -0.2) is 0 Å². The normalized spacial score (nSPS) is 13.2. The van der Waals surface area contributed by atoms with Gasteiger partial charge in [-0.2, -0.15) is 0 Å². The minimum atomic E-state index is -0.0468. The molecule has 1 heteroatoms. The van der Waals surface area contributed by atoms with E-state index in [9.17, 15) is 0 Å². The van der Waals surface area contributed by atoms with Crippen LogP contribution in [0, 0.1) is 0 Å². The van der Waals surface area contributed by atoms with Gasteiger partial charge in [0.25, 0.3) is 0 Å². The van der Waals surface area contributed by atoms with Crippen molar-refractivity contribution in [2.24, 2.45) is 0 Å². The summed E-state index contributed by atoms with van der Waals surface area (Å²) in [6.45, 7) is 4.69. The Labute approximate surface area is 224 Å². The zero-order valence-electron chi connectivity index (χ0n) is 21.7. The second-order valence-electron chi connectivity index (χ2n) is 10.7. The summed E-state index contributed by atoms with van der Waals surface area (Å²) in [7, 11) is 0. The lowest BCUT2D eigenvalue weighted by molar-refractivity contribution is 0.660. The zero-order valence-corrected chi connectivity index (χ0v) is 21.7. The molecule has 1 N–H and O–H groups in total. The number of fused-ring (bicyclic) bond motifs is 4. The van der Waals surface area contributed by atoms with Crippen LogP contribution >= 0.6 is 0 Å². The second kappa shape index (κ2) is 8.75. The Morgan fingerprint density at radius 1 is 0.500 bits per heavy atom. The highest BCUT2D eigenvalue weighted by Crippen LogP contribution is 2.52. The maximum atomic E-state index is 3.78. The lowest BCUT2D eigenvalue weighted by Gasteiger charge is -2.22. The monoisotopic (exact) mass is 487 g/mol. The maximum Gasteiger partial charge on any atom is 0.0464 e. The topological polar surface area (TPSA) is 12.0 Å². The molecule has 0 aromatic heterocycles.